The van der Waals surface area contributed by atoms with Crippen molar-refractivity contribution in [2.45, 2.75) is 65.2 Å². The Kier molecular flexibility index (Phi) is 5.51. The molecule has 1 aromatic heterocycles. The van der Waals surface area contributed by atoms with Crippen LogP contribution in [0.5, 0.6) is 0 Å². The van der Waals surface area contributed by atoms with Gasteiger partial charge in [-0.2, -0.15) is 0 Å². The first-order chi connectivity index (χ1) is 7.70. The van der Waals surface area contributed by atoms with E-state index in [9.17, 15) is 0 Å². The van der Waals surface area contributed by atoms with Gasteiger partial charge in [0.05, 0.1) is 0 Å². The summed E-state index contributed by atoms with van der Waals surface area (Å²) in [6, 6.07) is 4.32. The van der Waals surface area contributed by atoms with Crippen molar-refractivity contribution in [1.29, 1.82) is 0 Å². The number of aromatic nitrogens is 1. The quantitative estimate of drug-likeness (QED) is 0.664. The second kappa shape index (κ2) is 6.67. The normalized spacial score (nSPS) is 14.8. The maximum atomic E-state index is 4.60. The van der Waals surface area contributed by atoms with Crippen LogP contribution >= 0.6 is 0 Å². The predicted octanol–water partition coefficient (Wildman–Crippen LogP) is 4.89. The molecule has 0 N–H and O–H groups in total. The average Bonchev–Trinajstić information content (AvgIpc) is 2.35. The van der Waals surface area contributed by atoms with Crippen molar-refractivity contribution in [3.05, 3.63) is 29.6 Å². The summed E-state index contributed by atoms with van der Waals surface area (Å²) in [4.78, 5) is 4.60. The molecule has 1 heteroatoms. The van der Waals surface area contributed by atoms with Crippen LogP contribution in [-0.4, -0.2) is 4.98 Å². The zero-order chi connectivity index (χ0) is 12.0. The summed E-state index contributed by atoms with van der Waals surface area (Å²) in [6.07, 6.45) is 6.97. The maximum absolute atomic E-state index is 4.60. The topological polar surface area (TPSA) is 12.9 Å². The highest BCUT2D eigenvalue weighted by Crippen LogP contribution is 2.28. The van der Waals surface area contributed by atoms with Crippen LogP contribution in [0.1, 0.15) is 76.5 Å². The smallest absolute Gasteiger partial charge is 0.0466 e. The predicted molar refractivity (Wildman–Crippen MR) is 70.9 cm³/mol. The average molecular weight is 219 g/mol. The van der Waals surface area contributed by atoms with Crippen LogP contribution in [-0.2, 0) is 0 Å². The first-order valence-electron chi connectivity index (χ1n) is 6.65. The SMILES string of the molecule is CCCCC(C)c1ncccc1C(C)CC. The summed E-state index contributed by atoms with van der Waals surface area (Å²) in [5, 5.41) is 0. The van der Waals surface area contributed by atoms with Crippen LogP contribution in [0.25, 0.3) is 0 Å². The standard InChI is InChI=1S/C15H25N/c1-5-7-9-13(4)15-14(12(3)6-2)10-8-11-16-15/h8,10-13H,5-7,9H2,1-4H3. The summed E-state index contributed by atoms with van der Waals surface area (Å²) < 4.78 is 0. The Morgan fingerprint density at radius 3 is 2.56 bits per heavy atom. The lowest BCUT2D eigenvalue weighted by Gasteiger charge is -2.18. The minimum Gasteiger partial charge on any atom is -0.261 e. The van der Waals surface area contributed by atoms with Crippen molar-refractivity contribution in [3.63, 3.8) is 0 Å². The highest BCUT2D eigenvalue weighted by molar-refractivity contribution is 5.26. The summed E-state index contributed by atoms with van der Waals surface area (Å²) in [6.45, 7) is 9.11. The molecule has 0 radical (unpaired) electrons. The van der Waals surface area contributed by atoms with Gasteiger partial charge in [-0.05, 0) is 36.3 Å². The lowest BCUT2D eigenvalue weighted by molar-refractivity contribution is 0.594. The molecule has 0 bridgehead atoms. The molecule has 0 aliphatic heterocycles. The van der Waals surface area contributed by atoms with E-state index in [4.69, 9.17) is 0 Å². The fraction of sp³-hybridized carbons (Fsp3) is 0.667. The zero-order valence-corrected chi connectivity index (χ0v) is 11.2. The van der Waals surface area contributed by atoms with E-state index in [2.05, 4.69) is 44.8 Å². The van der Waals surface area contributed by atoms with Crippen LogP contribution < -0.4 is 0 Å². The van der Waals surface area contributed by atoms with E-state index in [0.717, 1.165) is 0 Å². The van der Waals surface area contributed by atoms with Gasteiger partial charge < -0.3 is 0 Å². The number of rotatable bonds is 6. The highest BCUT2D eigenvalue weighted by atomic mass is 14.7. The molecule has 2 unspecified atom stereocenters. The molecule has 1 nitrogen and oxygen atoms in total. The number of unbranched alkanes of at least 4 members (excludes halogenated alkanes) is 1. The van der Waals surface area contributed by atoms with E-state index in [1.54, 1.807) is 0 Å². The Hall–Kier alpha value is -0.850. The van der Waals surface area contributed by atoms with Crippen LogP contribution in [0, 0.1) is 0 Å². The third-order valence-electron chi connectivity index (χ3n) is 3.47. The van der Waals surface area contributed by atoms with Crippen LogP contribution in [0.2, 0.25) is 0 Å². The van der Waals surface area contributed by atoms with E-state index >= 15 is 0 Å². The van der Waals surface area contributed by atoms with E-state index < -0.39 is 0 Å². The summed E-state index contributed by atoms with van der Waals surface area (Å²) in [5.74, 6) is 1.23. The molecule has 0 aromatic carbocycles. The van der Waals surface area contributed by atoms with Crippen molar-refractivity contribution in [3.8, 4) is 0 Å². The minimum absolute atomic E-state index is 0.602. The molecule has 0 aliphatic rings. The van der Waals surface area contributed by atoms with Gasteiger partial charge in [0.25, 0.3) is 0 Å². The van der Waals surface area contributed by atoms with Crippen molar-refractivity contribution in [2.24, 2.45) is 0 Å². The molecule has 1 aromatic rings. The molecule has 0 saturated carbocycles. The highest BCUT2D eigenvalue weighted by Gasteiger charge is 2.14. The molecule has 0 spiro atoms. The van der Waals surface area contributed by atoms with E-state index in [-0.39, 0.29) is 0 Å². The maximum Gasteiger partial charge on any atom is 0.0466 e. The second-order valence-corrected chi connectivity index (χ2v) is 4.83. The summed E-state index contributed by atoms with van der Waals surface area (Å²) >= 11 is 0. The molecular formula is C15H25N. The number of pyridine rings is 1. The molecule has 0 amide bonds. The fourth-order valence-electron chi connectivity index (χ4n) is 2.13. The Labute approximate surface area is 100 Å². The number of hydrogen-bond acceptors (Lipinski definition) is 1. The Morgan fingerprint density at radius 2 is 1.94 bits per heavy atom. The lowest BCUT2D eigenvalue weighted by Crippen LogP contribution is -2.05. The lowest BCUT2D eigenvalue weighted by atomic mass is 9.89. The third-order valence-corrected chi connectivity index (χ3v) is 3.47. The Morgan fingerprint density at radius 1 is 1.19 bits per heavy atom. The van der Waals surface area contributed by atoms with Crippen molar-refractivity contribution < 1.29 is 0 Å². The molecule has 0 fully saturated rings. The van der Waals surface area contributed by atoms with Gasteiger partial charge in [-0.3, -0.25) is 4.98 Å². The third kappa shape index (κ3) is 3.33. The van der Waals surface area contributed by atoms with Gasteiger partial charge in [0.2, 0.25) is 0 Å². The van der Waals surface area contributed by atoms with Gasteiger partial charge in [0.1, 0.15) is 0 Å². The molecule has 0 aliphatic carbocycles. The van der Waals surface area contributed by atoms with Gasteiger partial charge in [0, 0.05) is 11.9 Å². The summed E-state index contributed by atoms with van der Waals surface area (Å²) in [5.41, 5.74) is 2.78. The molecule has 90 valence electrons. The van der Waals surface area contributed by atoms with Gasteiger partial charge in [-0.1, -0.05) is 46.6 Å². The molecule has 1 rings (SSSR count). The first kappa shape index (κ1) is 13.2. The summed E-state index contributed by atoms with van der Waals surface area (Å²) in [7, 11) is 0. The number of nitrogens with zero attached hydrogens (tertiary/aromatic N) is 1. The van der Waals surface area contributed by atoms with Crippen molar-refractivity contribution in [1.82, 2.24) is 4.98 Å². The van der Waals surface area contributed by atoms with E-state index in [1.807, 2.05) is 6.20 Å². The zero-order valence-electron chi connectivity index (χ0n) is 11.2. The number of hydrogen-bond donors (Lipinski definition) is 0. The largest absolute Gasteiger partial charge is 0.261 e. The monoisotopic (exact) mass is 219 g/mol. The molecular weight excluding hydrogens is 194 g/mol. The van der Waals surface area contributed by atoms with E-state index in [1.165, 1.54) is 36.9 Å². The molecule has 2 atom stereocenters. The fourth-order valence-corrected chi connectivity index (χ4v) is 2.13. The second-order valence-electron chi connectivity index (χ2n) is 4.83. The van der Waals surface area contributed by atoms with E-state index in [0.29, 0.717) is 11.8 Å². The minimum atomic E-state index is 0.602. The molecule has 0 saturated heterocycles. The molecule has 1 heterocycles. The van der Waals surface area contributed by atoms with Crippen LogP contribution in [0.4, 0.5) is 0 Å². The van der Waals surface area contributed by atoms with Gasteiger partial charge in [-0.15, -0.1) is 0 Å². The Balaban J connectivity index is 2.85. The Bertz CT molecular complexity index is 306. The first-order valence-corrected chi connectivity index (χ1v) is 6.65. The van der Waals surface area contributed by atoms with Crippen LogP contribution in [0.15, 0.2) is 18.3 Å². The van der Waals surface area contributed by atoms with Gasteiger partial charge in [-0.25, -0.2) is 0 Å². The van der Waals surface area contributed by atoms with Gasteiger partial charge in [0.15, 0.2) is 0 Å². The van der Waals surface area contributed by atoms with Crippen molar-refractivity contribution in [2.75, 3.05) is 0 Å². The van der Waals surface area contributed by atoms with Crippen molar-refractivity contribution >= 4 is 0 Å². The molecule has 16 heavy (non-hydrogen) atoms. The van der Waals surface area contributed by atoms with Gasteiger partial charge >= 0.3 is 0 Å². The van der Waals surface area contributed by atoms with Crippen LogP contribution in [0.3, 0.4) is 0 Å².